The number of ether oxygens (including phenoxy) is 1. The molecule has 1 aliphatic heterocycles. The van der Waals surface area contributed by atoms with Gasteiger partial charge in [-0.2, -0.15) is 8.42 Å². The molecule has 2 rings (SSSR count). The summed E-state index contributed by atoms with van der Waals surface area (Å²) in [5, 5.41) is 42.3. The zero-order valence-corrected chi connectivity index (χ0v) is 13.7. The Morgan fingerprint density at radius 1 is 1.12 bits per heavy atom. The number of hydrogen-bond acceptors (Lipinski definition) is 9. The number of hydrogen-bond donors (Lipinski definition) is 5. The Hall–Kier alpha value is -1.60. The fourth-order valence-electron chi connectivity index (χ4n) is 2.46. The molecular formula is C14H19NO9S. The van der Waals surface area contributed by atoms with Gasteiger partial charge in [-0.1, -0.05) is 35.5 Å². The predicted octanol–water partition coefficient (Wildman–Crippen LogP) is -1.75. The Kier molecular flexibility index (Phi) is 6.46. The van der Waals surface area contributed by atoms with E-state index in [9.17, 15) is 28.8 Å². The van der Waals surface area contributed by atoms with E-state index in [1.54, 1.807) is 30.3 Å². The number of aliphatic hydroxyl groups is 4. The summed E-state index contributed by atoms with van der Waals surface area (Å²) < 4.78 is 39.6. The third kappa shape index (κ3) is 5.19. The molecule has 0 saturated carbocycles. The Labute approximate surface area is 143 Å². The zero-order chi connectivity index (χ0) is 18.6. The predicted molar refractivity (Wildman–Crippen MR) is 84.0 cm³/mol. The standard InChI is InChI=1S/C14H19NO9S/c16-7-10-11(17)12(18)13(19)14(23-10)9(15-24-25(20,21)22)6-8-4-2-1-3-5-8/h1-5,10-14,16-19H,6-7H2,(H,20,21,22). The molecule has 1 fully saturated rings. The molecule has 25 heavy (non-hydrogen) atoms. The molecule has 1 aromatic carbocycles. The van der Waals surface area contributed by atoms with E-state index in [1.165, 1.54) is 0 Å². The van der Waals surface area contributed by atoms with Crippen LogP contribution >= 0.6 is 0 Å². The third-order valence-electron chi connectivity index (χ3n) is 3.70. The minimum atomic E-state index is -4.90. The van der Waals surface area contributed by atoms with E-state index in [1.807, 2.05) is 0 Å². The highest BCUT2D eigenvalue weighted by atomic mass is 32.3. The molecule has 1 heterocycles. The summed E-state index contributed by atoms with van der Waals surface area (Å²) in [5.74, 6) is 0. The maximum Gasteiger partial charge on any atom is 0.466 e. The van der Waals surface area contributed by atoms with Crippen LogP contribution in [0.25, 0.3) is 0 Å². The van der Waals surface area contributed by atoms with Crippen molar-refractivity contribution in [3.63, 3.8) is 0 Å². The van der Waals surface area contributed by atoms with E-state index in [4.69, 9.17) is 9.29 Å². The van der Waals surface area contributed by atoms with Crippen LogP contribution in [0.15, 0.2) is 35.5 Å². The first kappa shape index (κ1) is 19.7. The second-order valence-corrected chi connectivity index (χ2v) is 6.50. The molecule has 11 heteroatoms. The van der Waals surface area contributed by atoms with Gasteiger partial charge in [0, 0.05) is 6.42 Å². The lowest BCUT2D eigenvalue weighted by Gasteiger charge is -2.40. The summed E-state index contributed by atoms with van der Waals surface area (Å²) >= 11 is 0. The number of nitrogens with zero attached hydrogens (tertiary/aromatic N) is 1. The van der Waals surface area contributed by atoms with Gasteiger partial charge in [-0.3, -0.25) is 4.55 Å². The molecule has 1 aromatic rings. The van der Waals surface area contributed by atoms with Crippen LogP contribution in [0.1, 0.15) is 5.56 Å². The van der Waals surface area contributed by atoms with Crippen LogP contribution in [0.2, 0.25) is 0 Å². The second-order valence-electron chi connectivity index (χ2n) is 5.50. The molecule has 0 bridgehead atoms. The zero-order valence-electron chi connectivity index (χ0n) is 12.9. The van der Waals surface area contributed by atoms with E-state index in [-0.39, 0.29) is 12.1 Å². The SMILES string of the molecule is O=S(=O)(O)ON=C(Cc1ccccc1)C1OC(CO)C(O)C(O)C1O. The summed E-state index contributed by atoms with van der Waals surface area (Å²) in [7, 11) is -4.90. The maximum absolute atomic E-state index is 10.8. The van der Waals surface area contributed by atoms with Crippen molar-refractivity contribution >= 4 is 16.1 Å². The van der Waals surface area contributed by atoms with Crippen LogP contribution in [-0.4, -0.2) is 76.2 Å². The molecule has 0 spiro atoms. The van der Waals surface area contributed by atoms with Crippen molar-refractivity contribution in [3.8, 4) is 0 Å². The minimum Gasteiger partial charge on any atom is -0.394 e. The Bertz CT molecular complexity index is 692. The third-order valence-corrected chi connectivity index (χ3v) is 3.96. The molecule has 0 amide bonds. The van der Waals surface area contributed by atoms with Gasteiger partial charge in [0.15, 0.2) is 0 Å². The van der Waals surface area contributed by atoms with Gasteiger partial charge in [0.2, 0.25) is 0 Å². The first-order valence-corrected chi connectivity index (χ1v) is 8.66. The first-order valence-electron chi connectivity index (χ1n) is 7.30. The normalized spacial score (nSPS) is 30.9. The monoisotopic (exact) mass is 377 g/mol. The maximum atomic E-state index is 10.8. The summed E-state index contributed by atoms with van der Waals surface area (Å²) in [4.78, 5) is 0. The van der Waals surface area contributed by atoms with Gasteiger partial charge >= 0.3 is 10.4 Å². The molecule has 0 radical (unpaired) electrons. The Morgan fingerprint density at radius 3 is 2.32 bits per heavy atom. The first-order chi connectivity index (χ1) is 11.7. The number of aliphatic hydroxyl groups excluding tert-OH is 4. The summed E-state index contributed by atoms with van der Waals surface area (Å²) in [5.41, 5.74) is 0.484. The van der Waals surface area contributed by atoms with E-state index in [2.05, 4.69) is 9.44 Å². The largest absolute Gasteiger partial charge is 0.466 e. The minimum absolute atomic E-state index is 0.0426. The van der Waals surface area contributed by atoms with Crippen LogP contribution < -0.4 is 0 Å². The smallest absolute Gasteiger partial charge is 0.394 e. The molecule has 0 aromatic heterocycles. The highest BCUT2D eigenvalue weighted by Gasteiger charge is 2.45. The number of rotatable bonds is 6. The van der Waals surface area contributed by atoms with Gasteiger partial charge in [-0.05, 0) is 5.56 Å². The fourth-order valence-corrected chi connectivity index (χ4v) is 2.65. The lowest BCUT2D eigenvalue weighted by molar-refractivity contribution is -0.212. The summed E-state index contributed by atoms with van der Waals surface area (Å²) in [6, 6.07) is 8.55. The molecule has 140 valence electrons. The van der Waals surface area contributed by atoms with Crippen molar-refractivity contribution < 1.29 is 42.4 Å². The molecule has 1 saturated heterocycles. The van der Waals surface area contributed by atoms with Crippen molar-refractivity contribution in [2.75, 3.05) is 6.61 Å². The highest BCUT2D eigenvalue weighted by molar-refractivity contribution is 7.80. The highest BCUT2D eigenvalue weighted by Crippen LogP contribution is 2.23. The van der Waals surface area contributed by atoms with Gasteiger partial charge in [0.1, 0.15) is 30.5 Å². The Balaban J connectivity index is 2.32. The van der Waals surface area contributed by atoms with Crippen LogP contribution in [0, 0.1) is 0 Å². The van der Waals surface area contributed by atoms with Gasteiger partial charge in [0.05, 0.1) is 12.3 Å². The molecule has 0 aliphatic carbocycles. The van der Waals surface area contributed by atoms with E-state index < -0.39 is 47.5 Å². The fraction of sp³-hybridized carbons (Fsp3) is 0.500. The molecule has 5 N–H and O–H groups in total. The van der Waals surface area contributed by atoms with Gasteiger partial charge in [0.25, 0.3) is 0 Å². The van der Waals surface area contributed by atoms with Crippen molar-refractivity contribution in [1.82, 2.24) is 0 Å². The lowest BCUT2D eigenvalue weighted by Crippen LogP contribution is -2.60. The molecule has 10 nitrogen and oxygen atoms in total. The van der Waals surface area contributed by atoms with Gasteiger partial charge < -0.3 is 25.2 Å². The average Bonchev–Trinajstić information content (AvgIpc) is 2.57. The van der Waals surface area contributed by atoms with Crippen LogP contribution in [0.3, 0.4) is 0 Å². The molecule has 5 unspecified atom stereocenters. The Morgan fingerprint density at radius 2 is 1.76 bits per heavy atom. The van der Waals surface area contributed by atoms with E-state index in [0.717, 1.165) is 0 Å². The summed E-state index contributed by atoms with van der Waals surface area (Å²) in [6.07, 6.45) is -7.52. The number of oxime groups is 1. The van der Waals surface area contributed by atoms with Crippen LogP contribution in [0.5, 0.6) is 0 Å². The molecule has 1 aliphatic rings. The number of benzene rings is 1. The van der Waals surface area contributed by atoms with E-state index >= 15 is 0 Å². The lowest BCUT2D eigenvalue weighted by atomic mass is 9.90. The van der Waals surface area contributed by atoms with Gasteiger partial charge in [-0.25, -0.2) is 4.28 Å². The molecule has 5 atom stereocenters. The van der Waals surface area contributed by atoms with Crippen molar-refractivity contribution in [2.45, 2.75) is 36.9 Å². The second kappa shape index (κ2) is 8.19. The van der Waals surface area contributed by atoms with Crippen molar-refractivity contribution in [3.05, 3.63) is 35.9 Å². The molecular weight excluding hydrogens is 358 g/mol. The van der Waals surface area contributed by atoms with Crippen molar-refractivity contribution in [1.29, 1.82) is 0 Å². The van der Waals surface area contributed by atoms with Gasteiger partial charge in [-0.15, -0.1) is 0 Å². The van der Waals surface area contributed by atoms with Crippen LogP contribution in [0.4, 0.5) is 0 Å². The summed E-state index contributed by atoms with van der Waals surface area (Å²) in [6.45, 7) is -0.654. The van der Waals surface area contributed by atoms with Crippen molar-refractivity contribution in [2.24, 2.45) is 5.16 Å². The van der Waals surface area contributed by atoms with Crippen LogP contribution in [-0.2, 0) is 25.8 Å². The average molecular weight is 377 g/mol. The topological polar surface area (TPSA) is 166 Å². The van der Waals surface area contributed by atoms with E-state index in [0.29, 0.717) is 5.56 Å². The quantitative estimate of drug-likeness (QED) is 0.219.